The summed E-state index contributed by atoms with van der Waals surface area (Å²) in [5.74, 6) is -0.136. The highest BCUT2D eigenvalue weighted by molar-refractivity contribution is 5.96. The van der Waals surface area contributed by atoms with E-state index in [1.54, 1.807) is 25.5 Å². The molecule has 0 bridgehead atoms. The predicted molar refractivity (Wildman–Crippen MR) is 81.8 cm³/mol. The van der Waals surface area contributed by atoms with E-state index < -0.39 is 17.5 Å². The van der Waals surface area contributed by atoms with Crippen LogP contribution in [0.4, 0.5) is 14.9 Å². The monoisotopic (exact) mass is 309 g/mol. The summed E-state index contributed by atoms with van der Waals surface area (Å²) in [6.07, 6.45) is 0.764. The highest BCUT2D eigenvalue weighted by atomic mass is 19.1. The van der Waals surface area contributed by atoms with Crippen LogP contribution in [-0.2, 0) is 11.3 Å². The molecule has 0 saturated carbocycles. The normalized spacial score (nSPS) is 11.5. The highest BCUT2D eigenvalue weighted by Gasteiger charge is 2.21. The zero-order valence-electron chi connectivity index (χ0n) is 13.4. The summed E-state index contributed by atoms with van der Waals surface area (Å²) in [6.45, 7) is 7.69. The Bertz CT molecular complexity index is 704. The van der Waals surface area contributed by atoms with Crippen molar-refractivity contribution in [1.82, 2.24) is 9.78 Å². The van der Waals surface area contributed by atoms with Crippen molar-refractivity contribution in [2.45, 2.75) is 39.8 Å². The van der Waals surface area contributed by atoms with E-state index in [1.807, 2.05) is 6.92 Å². The fraction of sp³-hybridized carbons (Fsp3) is 0.467. The number of ether oxygens (including phenoxy) is 2. The number of anilines is 1. The fourth-order valence-electron chi connectivity index (χ4n) is 2.15. The van der Waals surface area contributed by atoms with Gasteiger partial charge in [-0.05, 0) is 27.7 Å². The van der Waals surface area contributed by atoms with Gasteiger partial charge in [0.2, 0.25) is 0 Å². The number of nitrogens with one attached hydrogen (secondary N) is 1. The van der Waals surface area contributed by atoms with Crippen molar-refractivity contribution in [3.63, 3.8) is 0 Å². The minimum Gasteiger partial charge on any atom is -0.492 e. The Kier molecular flexibility index (Phi) is 4.25. The molecular formula is C15H20FN3O3. The summed E-state index contributed by atoms with van der Waals surface area (Å²) in [5, 5.41) is 6.98. The molecule has 1 aromatic carbocycles. The number of fused-ring (bicyclic) bond motifs is 1. The smallest absolute Gasteiger partial charge is 0.412 e. The number of aromatic nitrogens is 2. The molecule has 0 fully saturated rings. The van der Waals surface area contributed by atoms with Gasteiger partial charge in [0.1, 0.15) is 16.9 Å². The molecule has 0 radical (unpaired) electrons. The second kappa shape index (κ2) is 5.82. The van der Waals surface area contributed by atoms with Crippen molar-refractivity contribution >= 4 is 22.7 Å². The predicted octanol–water partition coefficient (Wildman–Crippen LogP) is 3.55. The molecule has 1 aromatic heterocycles. The van der Waals surface area contributed by atoms with Gasteiger partial charge in [0.15, 0.2) is 5.75 Å². The minimum absolute atomic E-state index is 0.206. The van der Waals surface area contributed by atoms with Crippen LogP contribution in [0, 0.1) is 5.82 Å². The Morgan fingerprint density at radius 2 is 2.14 bits per heavy atom. The molecule has 2 aromatic rings. The Morgan fingerprint density at radius 3 is 2.68 bits per heavy atom. The first-order valence-corrected chi connectivity index (χ1v) is 6.98. The van der Waals surface area contributed by atoms with Gasteiger partial charge in [0.25, 0.3) is 0 Å². The Hall–Kier alpha value is -2.31. The minimum atomic E-state index is -0.674. The summed E-state index contributed by atoms with van der Waals surface area (Å²) in [7, 11) is 1.46. The van der Waals surface area contributed by atoms with Gasteiger partial charge in [0, 0.05) is 12.6 Å². The third-order valence-electron chi connectivity index (χ3n) is 2.97. The number of nitrogens with zero attached hydrogens (tertiary/aromatic N) is 2. The van der Waals surface area contributed by atoms with Crippen LogP contribution in [-0.4, -0.2) is 28.6 Å². The molecule has 1 N–H and O–H groups in total. The van der Waals surface area contributed by atoms with E-state index in [0.29, 0.717) is 23.2 Å². The van der Waals surface area contributed by atoms with E-state index in [1.165, 1.54) is 19.4 Å². The van der Waals surface area contributed by atoms with E-state index in [-0.39, 0.29) is 5.69 Å². The Labute approximate surface area is 128 Å². The second-order valence-corrected chi connectivity index (χ2v) is 5.79. The first-order valence-electron chi connectivity index (χ1n) is 6.98. The SMILES string of the molecule is CCn1ncc2c(F)cc(NC(=O)OC(C)(C)C)c(OC)c21. The number of halogens is 1. The summed E-state index contributed by atoms with van der Waals surface area (Å²) < 4.78 is 26.3. The molecule has 120 valence electrons. The lowest BCUT2D eigenvalue weighted by Gasteiger charge is -2.20. The van der Waals surface area contributed by atoms with E-state index in [0.717, 1.165) is 0 Å². The third-order valence-corrected chi connectivity index (χ3v) is 2.97. The summed E-state index contributed by atoms with van der Waals surface area (Å²) in [5.41, 5.74) is 0.0542. The average molecular weight is 309 g/mol. The Morgan fingerprint density at radius 1 is 1.45 bits per heavy atom. The molecular weight excluding hydrogens is 289 g/mol. The van der Waals surface area contributed by atoms with Crippen LogP contribution in [0.25, 0.3) is 10.9 Å². The molecule has 1 amide bonds. The first-order chi connectivity index (χ1) is 10.3. The fourth-order valence-corrected chi connectivity index (χ4v) is 2.15. The number of hydrogen-bond acceptors (Lipinski definition) is 4. The zero-order chi connectivity index (χ0) is 16.5. The second-order valence-electron chi connectivity index (χ2n) is 5.79. The topological polar surface area (TPSA) is 65.4 Å². The number of benzene rings is 1. The van der Waals surface area contributed by atoms with Gasteiger partial charge in [-0.15, -0.1) is 0 Å². The maximum absolute atomic E-state index is 14.2. The average Bonchev–Trinajstić information content (AvgIpc) is 2.81. The van der Waals surface area contributed by atoms with Gasteiger partial charge >= 0.3 is 6.09 Å². The molecule has 1 heterocycles. The molecule has 0 aliphatic heterocycles. The van der Waals surface area contributed by atoms with Crippen LogP contribution >= 0.6 is 0 Å². The van der Waals surface area contributed by atoms with E-state index in [2.05, 4.69) is 10.4 Å². The van der Waals surface area contributed by atoms with Crippen molar-refractivity contribution in [3.8, 4) is 5.75 Å². The van der Waals surface area contributed by atoms with Crippen molar-refractivity contribution in [2.24, 2.45) is 0 Å². The van der Waals surface area contributed by atoms with Gasteiger partial charge in [0.05, 0.1) is 24.4 Å². The van der Waals surface area contributed by atoms with Crippen LogP contribution < -0.4 is 10.1 Å². The molecule has 6 nitrogen and oxygen atoms in total. The van der Waals surface area contributed by atoms with Gasteiger partial charge in [-0.2, -0.15) is 5.10 Å². The zero-order valence-corrected chi connectivity index (χ0v) is 13.4. The van der Waals surface area contributed by atoms with Crippen molar-refractivity contribution in [1.29, 1.82) is 0 Å². The molecule has 22 heavy (non-hydrogen) atoms. The van der Waals surface area contributed by atoms with Crippen molar-refractivity contribution in [3.05, 3.63) is 18.1 Å². The number of rotatable bonds is 3. The largest absolute Gasteiger partial charge is 0.492 e. The third kappa shape index (κ3) is 3.13. The number of methoxy groups -OCH3 is 1. The van der Waals surface area contributed by atoms with Gasteiger partial charge in [-0.1, -0.05) is 0 Å². The number of carbonyl (C=O) groups excluding carboxylic acids is 1. The lowest BCUT2D eigenvalue weighted by molar-refractivity contribution is 0.0635. The molecule has 2 rings (SSSR count). The molecule has 0 spiro atoms. The van der Waals surface area contributed by atoms with Gasteiger partial charge in [-0.25, -0.2) is 9.18 Å². The molecule has 0 aliphatic rings. The number of carbonyl (C=O) groups is 1. The maximum Gasteiger partial charge on any atom is 0.412 e. The van der Waals surface area contributed by atoms with E-state index >= 15 is 0 Å². The summed E-state index contributed by atoms with van der Waals surface area (Å²) >= 11 is 0. The molecule has 0 saturated heterocycles. The van der Waals surface area contributed by atoms with Crippen LogP contribution in [0.2, 0.25) is 0 Å². The van der Waals surface area contributed by atoms with Crippen LogP contribution in [0.3, 0.4) is 0 Å². The van der Waals surface area contributed by atoms with Crippen LogP contribution in [0.5, 0.6) is 5.75 Å². The van der Waals surface area contributed by atoms with E-state index in [4.69, 9.17) is 9.47 Å². The molecule has 7 heteroatoms. The summed E-state index contributed by atoms with van der Waals surface area (Å²) in [6, 6.07) is 1.20. The number of aryl methyl sites for hydroxylation is 1. The molecule has 0 atom stereocenters. The van der Waals surface area contributed by atoms with Crippen LogP contribution in [0.15, 0.2) is 12.3 Å². The highest BCUT2D eigenvalue weighted by Crippen LogP contribution is 2.35. The lowest BCUT2D eigenvalue weighted by Crippen LogP contribution is -2.27. The molecule has 0 aliphatic carbocycles. The van der Waals surface area contributed by atoms with Crippen LogP contribution in [0.1, 0.15) is 27.7 Å². The maximum atomic E-state index is 14.2. The van der Waals surface area contributed by atoms with Gasteiger partial charge < -0.3 is 9.47 Å². The Balaban J connectivity index is 2.47. The number of amides is 1. The quantitative estimate of drug-likeness (QED) is 0.941. The van der Waals surface area contributed by atoms with Crippen molar-refractivity contribution in [2.75, 3.05) is 12.4 Å². The van der Waals surface area contributed by atoms with E-state index in [9.17, 15) is 9.18 Å². The molecule has 0 unspecified atom stereocenters. The summed E-state index contributed by atoms with van der Waals surface area (Å²) in [4.78, 5) is 11.9. The number of hydrogen-bond donors (Lipinski definition) is 1. The van der Waals surface area contributed by atoms with Gasteiger partial charge in [-0.3, -0.25) is 10.00 Å². The standard InChI is InChI=1S/C15H20FN3O3/c1-6-19-12-9(8-17-19)10(16)7-11(13(12)21-5)18-14(20)22-15(2,3)4/h7-8H,6H2,1-5H3,(H,18,20). The lowest BCUT2D eigenvalue weighted by atomic mass is 10.2. The first kappa shape index (κ1) is 16.1. The van der Waals surface area contributed by atoms with Crippen molar-refractivity contribution < 1.29 is 18.7 Å².